The van der Waals surface area contributed by atoms with Crippen molar-refractivity contribution in [3.63, 3.8) is 0 Å². The van der Waals surface area contributed by atoms with Crippen molar-refractivity contribution in [1.82, 2.24) is 10.9 Å². The molecule has 0 aliphatic carbocycles. The summed E-state index contributed by atoms with van der Waals surface area (Å²) in [7, 11) is 0. The highest BCUT2D eigenvalue weighted by atomic mass is 35.5. The second kappa shape index (κ2) is 8.25. The third kappa shape index (κ3) is 4.36. The number of nitrogens with one attached hydrogen (secondary N) is 2. The highest BCUT2D eigenvalue weighted by Gasteiger charge is 2.24. The van der Waals surface area contributed by atoms with E-state index in [1.807, 2.05) is 24.3 Å². The molecule has 6 nitrogen and oxygen atoms in total. The van der Waals surface area contributed by atoms with Gasteiger partial charge in [0.25, 0.3) is 5.91 Å². The maximum absolute atomic E-state index is 12.1. The number of hydrazine groups is 1. The number of para-hydroxylation sites is 1. The van der Waals surface area contributed by atoms with E-state index in [0.717, 1.165) is 10.6 Å². The minimum atomic E-state index is -0.439. The van der Waals surface area contributed by atoms with E-state index >= 15 is 0 Å². The summed E-state index contributed by atoms with van der Waals surface area (Å²) in [6.07, 6.45) is 0.0750. The van der Waals surface area contributed by atoms with E-state index < -0.39 is 5.91 Å². The minimum Gasteiger partial charge on any atom is -0.310 e. The Kier molecular flexibility index (Phi) is 5.80. The first kappa shape index (κ1) is 18.3. The zero-order chi connectivity index (χ0) is 18.5. The molecule has 0 saturated carbocycles. The molecule has 1 heterocycles. The van der Waals surface area contributed by atoms with Gasteiger partial charge in [0.15, 0.2) is 0 Å². The van der Waals surface area contributed by atoms with Crippen LogP contribution in [0.2, 0.25) is 5.02 Å². The van der Waals surface area contributed by atoms with Crippen LogP contribution in [-0.4, -0.2) is 30.0 Å². The van der Waals surface area contributed by atoms with Crippen molar-refractivity contribution in [3.8, 4) is 0 Å². The van der Waals surface area contributed by atoms with Crippen molar-refractivity contribution in [2.45, 2.75) is 11.3 Å². The summed E-state index contributed by atoms with van der Waals surface area (Å²) in [4.78, 5) is 38.7. The Morgan fingerprint density at radius 3 is 2.58 bits per heavy atom. The standard InChI is InChI=1S/C18H16ClN3O3S/c19-13-7-5-12(6-8-13)18(25)21-20-16(23)9-10-22-14-3-1-2-4-15(14)26-11-17(22)24/h1-8H,9-11H2,(H,20,23)(H,21,25). The number of hydrogen-bond acceptors (Lipinski definition) is 4. The van der Waals surface area contributed by atoms with E-state index in [-0.39, 0.29) is 24.8 Å². The molecule has 1 aliphatic rings. The Balaban J connectivity index is 1.52. The molecule has 3 amide bonds. The molecule has 0 radical (unpaired) electrons. The Hall–Kier alpha value is -2.51. The van der Waals surface area contributed by atoms with Crippen LogP contribution in [0.3, 0.4) is 0 Å². The summed E-state index contributed by atoms with van der Waals surface area (Å²) in [5, 5.41) is 0.523. The number of thioether (sulfide) groups is 1. The van der Waals surface area contributed by atoms with Crippen molar-refractivity contribution in [2.24, 2.45) is 0 Å². The molecule has 0 atom stereocenters. The molecule has 0 fully saturated rings. The summed E-state index contributed by atoms with van der Waals surface area (Å²) >= 11 is 7.26. The predicted molar refractivity (Wildman–Crippen MR) is 101 cm³/mol. The van der Waals surface area contributed by atoms with E-state index in [1.165, 1.54) is 11.8 Å². The lowest BCUT2D eigenvalue weighted by Gasteiger charge is -2.28. The zero-order valence-corrected chi connectivity index (χ0v) is 15.3. The van der Waals surface area contributed by atoms with Crippen molar-refractivity contribution in [3.05, 3.63) is 59.1 Å². The molecule has 26 heavy (non-hydrogen) atoms. The van der Waals surface area contributed by atoms with Gasteiger partial charge < -0.3 is 4.90 Å². The van der Waals surface area contributed by atoms with Crippen LogP contribution < -0.4 is 15.8 Å². The Morgan fingerprint density at radius 1 is 1.08 bits per heavy atom. The lowest BCUT2D eigenvalue weighted by molar-refractivity contribution is -0.121. The van der Waals surface area contributed by atoms with Gasteiger partial charge in [-0.1, -0.05) is 23.7 Å². The number of amides is 3. The molecule has 134 valence electrons. The first-order chi connectivity index (χ1) is 12.5. The SMILES string of the molecule is O=C(CCN1C(=O)CSc2ccccc21)NNC(=O)c1ccc(Cl)cc1. The zero-order valence-electron chi connectivity index (χ0n) is 13.7. The van der Waals surface area contributed by atoms with E-state index in [9.17, 15) is 14.4 Å². The third-order valence-corrected chi connectivity index (χ3v) is 5.09. The smallest absolute Gasteiger partial charge is 0.269 e. The summed E-state index contributed by atoms with van der Waals surface area (Å²) in [6, 6.07) is 13.9. The van der Waals surface area contributed by atoms with Crippen molar-refractivity contribution < 1.29 is 14.4 Å². The number of halogens is 1. The molecular formula is C18H16ClN3O3S. The van der Waals surface area contributed by atoms with Gasteiger partial charge in [0.05, 0.1) is 11.4 Å². The number of nitrogens with zero attached hydrogens (tertiary/aromatic N) is 1. The van der Waals surface area contributed by atoms with Crippen LogP contribution in [0.15, 0.2) is 53.4 Å². The van der Waals surface area contributed by atoms with Gasteiger partial charge in [0.2, 0.25) is 11.8 Å². The van der Waals surface area contributed by atoms with E-state index in [4.69, 9.17) is 11.6 Å². The highest BCUT2D eigenvalue weighted by Crippen LogP contribution is 2.34. The summed E-state index contributed by atoms with van der Waals surface area (Å²) in [5.41, 5.74) is 5.90. The Bertz CT molecular complexity index is 842. The fraction of sp³-hybridized carbons (Fsp3) is 0.167. The van der Waals surface area contributed by atoms with Crippen molar-refractivity contribution in [2.75, 3.05) is 17.2 Å². The fourth-order valence-electron chi connectivity index (χ4n) is 2.47. The molecule has 2 aromatic rings. The maximum Gasteiger partial charge on any atom is 0.269 e. The summed E-state index contributed by atoms with van der Waals surface area (Å²) in [6.45, 7) is 0.249. The van der Waals surface area contributed by atoms with Gasteiger partial charge in [-0.2, -0.15) is 0 Å². The summed E-state index contributed by atoms with van der Waals surface area (Å²) < 4.78 is 0. The third-order valence-electron chi connectivity index (χ3n) is 3.79. The fourth-order valence-corrected chi connectivity index (χ4v) is 3.54. The number of fused-ring (bicyclic) bond motifs is 1. The molecule has 0 bridgehead atoms. The molecule has 2 aromatic carbocycles. The van der Waals surface area contributed by atoms with Crippen LogP contribution in [0.1, 0.15) is 16.8 Å². The monoisotopic (exact) mass is 389 g/mol. The number of anilines is 1. The largest absolute Gasteiger partial charge is 0.310 e. The molecule has 0 aromatic heterocycles. The highest BCUT2D eigenvalue weighted by molar-refractivity contribution is 8.00. The van der Waals surface area contributed by atoms with Crippen LogP contribution in [0.5, 0.6) is 0 Å². The van der Waals surface area contributed by atoms with Crippen LogP contribution >= 0.6 is 23.4 Å². The summed E-state index contributed by atoms with van der Waals surface area (Å²) in [5.74, 6) is -0.500. The van der Waals surface area contributed by atoms with E-state index in [0.29, 0.717) is 16.3 Å². The number of hydrogen-bond donors (Lipinski definition) is 2. The van der Waals surface area contributed by atoms with Crippen molar-refractivity contribution in [1.29, 1.82) is 0 Å². The van der Waals surface area contributed by atoms with Crippen LogP contribution in [0, 0.1) is 0 Å². The molecule has 0 unspecified atom stereocenters. The molecule has 0 saturated heterocycles. The number of carbonyl (C=O) groups is 3. The first-order valence-corrected chi connectivity index (χ1v) is 9.28. The van der Waals surface area contributed by atoms with Gasteiger partial charge in [-0.25, -0.2) is 0 Å². The van der Waals surface area contributed by atoms with Gasteiger partial charge in [0, 0.05) is 28.4 Å². The van der Waals surface area contributed by atoms with E-state index in [2.05, 4.69) is 10.9 Å². The number of carbonyl (C=O) groups excluding carboxylic acids is 3. The minimum absolute atomic E-state index is 0.0355. The Labute approximate surface area is 159 Å². The molecular weight excluding hydrogens is 374 g/mol. The topological polar surface area (TPSA) is 78.5 Å². The molecule has 3 rings (SSSR count). The maximum atomic E-state index is 12.1. The quantitative estimate of drug-likeness (QED) is 0.788. The second-order valence-electron chi connectivity index (χ2n) is 5.56. The van der Waals surface area contributed by atoms with Crippen LogP contribution in [0.4, 0.5) is 5.69 Å². The number of benzene rings is 2. The van der Waals surface area contributed by atoms with E-state index in [1.54, 1.807) is 29.2 Å². The van der Waals surface area contributed by atoms with Crippen molar-refractivity contribution >= 4 is 46.8 Å². The average Bonchev–Trinajstić information content (AvgIpc) is 2.66. The van der Waals surface area contributed by atoms with Crippen LogP contribution in [-0.2, 0) is 9.59 Å². The molecule has 2 N–H and O–H groups in total. The number of rotatable bonds is 4. The normalized spacial score (nSPS) is 13.1. The lowest BCUT2D eigenvalue weighted by atomic mass is 10.2. The van der Waals surface area contributed by atoms with Gasteiger partial charge in [0.1, 0.15) is 0 Å². The lowest BCUT2D eigenvalue weighted by Crippen LogP contribution is -2.44. The average molecular weight is 390 g/mol. The Morgan fingerprint density at radius 2 is 1.81 bits per heavy atom. The van der Waals surface area contributed by atoms with Gasteiger partial charge >= 0.3 is 0 Å². The van der Waals surface area contributed by atoms with Crippen LogP contribution in [0.25, 0.3) is 0 Å². The second-order valence-corrected chi connectivity index (χ2v) is 7.01. The predicted octanol–water partition coefficient (Wildman–Crippen LogP) is 2.63. The van der Waals surface area contributed by atoms with Gasteiger partial charge in [-0.05, 0) is 36.4 Å². The molecule has 0 spiro atoms. The van der Waals surface area contributed by atoms with Gasteiger partial charge in [-0.3, -0.25) is 25.2 Å². The van der Waals surface area contributed by atoms with Gasteiger partial charge in [-0.15, -0.1) is 11.8 Å². The first-order valence-electron chi connectivity index (χ1n) is 7.91. The molecule has 8 heteroatoms. The molecule has 1 aliphatic heterocycles.